The molecule has 0 N–H and O–H groups in total. The van der Waals surface area contributed by atoms with Gasteiger partial charge < -0.3 is 8.85 Å². The van der Waals surface area contributed by atoms with E-state index in [1.807, 2.05) is 14.2 Å². The van der Waals surface area contributed by atoms with Crippen molar-refractivity contribution in [3.05, 3.63) is 0 Å². The summed E-state index contributed by atoms with van der Waals surface area (Å²) < 4.78 is 12.1. The molecule has 1 fully saturated rings. The molecule has 96 valence electrons. The Hall–Kier alpha value is 0.137. The third-order valence-electron chi connectivity index (χ3n) is 4.94. The normalized spacial score (nSPS) is 27.9. The van der Waals surface area contributed by atoms with E-state index in [0.717, 1.165) is 0 Å². The van der Waals surface area contributed by atoms with Crippen molar-refractivity contribution in [2.24, 2.45) is 0 Å². The number of hydrogen-bond acceptors (Lipinski definition) is 2. The van der Waals surface area contributed by atoms with Crippen LogP contribution >= 0.6 is 0 Å². The molecule has 1 saturated heterocycles. The lowest BCUT2D eigenvalue weighted by Gasteiger charge is -2.52. The quantitative estimate of drug-likeness (QED) is 0.673. The molecule has 0 bridgehead atoms. The fourth-order valence-electron chi connectivity index (χ4n) is 3.90. The van der Waals surface area contributed by atoms with Gasteiger partial charge in [-0.2, -0.15) is 0 Å². The van der Waals surface area contributed by atoms with Gasteiger partial charge in [0.2, 0.25) is 0 Å². The van der Waals surface area contributed by atoms with E-state index in [9.17, 15) is 0 Å². The van der Waals surface area contributed by atoms with Crippen LogP contribution < -0.4 is 0 Å². The van der Waals surface area contributed by atoms with Crippen LogP contribution in [0.4, 0.5) is 0 Å². The molecule has 1 atom stereocenters. The summed E-state index contributed by atoms with van der Waals surface area (Å²) in [5.41, 5.74) is 0.677. The summed E-state index contributed by atoms with van der Waals surface area (Å²) in [6.07, 6.45) is 7.55. The van der Waals surface area contributed by atoms with E-state index in [0.29, 0.717) is 10.6 Å². The van der Waals surface area contributed by atoms with Crippen LogP contribution in [-0.4, -0.2) is 22.8 Å². The summed E-state index contributed by atoms with van der Waals surface area (Å²) in [7, 11) is 1.72. The zero-order valence-corrected chi connectivity index (χ0v) is 12.6. The van der Waals surface area contributed by atoms with Crippen molar-refractivity contribution in [2.45, 2.75) is 69.9 Å². The molecule has 0 spiro atoms. The summed E-state index contributed by atoms with van der Waals surface area (Å²) in [4.78, 5) is 0. The highest BCUT2D eigenvalue weighted by molar-refractivity contribution is 6.72. The van der Waals surface area contributed by atoms with Crippen molar-refractivity contribution >= 4 is 8.56 Å². The topological polar surface area (TPSA) is 18.5 Å². The van der Waals surface area contributed by atoms with Crippen LogP contribution in [0.15, 0.2) is 0 Å². The maximum atomic E-state index is 6.05. The summed E-state index contributed by atoms with van der Waals surface area (Å²) in [6, 6.07) is 0. The molecular formula is C13H28O2Si. The Kier molecular flexibility index (Phi) is 5.01. The van der Waals surface area contributed by atoms with Crippen molar-refractivity contribution in [3.8, 4) is 0 Å². The molecular weight excluding hydrogens is 216 g/mol. The third kappa shape index (κ3) is 1.87. The Morgan fingerprint density at radius 2 is 1.69 bits per heavy atom. The lowest BCUT2D eigenvalue weighted by atomic mass is 9.93. The summed E-state index contributed by atoms with van der Waals surface area (Å²) >= 11 is 0. The maximum Gasteiger partial charge on any atom is 0.347 e. The largest absolute Gasteiger partial charge is 0.397 e. The summed E-state index contributed by atoms with van der Waals surface area (Å²) in [5.74, 6) is 0. The van der Waals surface area contributed by atoms with Gasteiger partial charge in [0.1, 0.15) is 0 Å². The Morgan fingerprint density at radius 1 is 1.12 bits per heavy atom. The molecule has 3 heteroatoms. The first kappa shape index (κ1) is 14.2. The molecule has 1 aliphatic heterocycles. The minimum Gasteiger partial charge on any atom is -0.397 e. The van der Waals surface area contributed by atoms with Gasteiger partial charge in [0, 0.05) is 24.8 Å². The van der Waals surface area contributed by atoms with E-state index in [1.54, 1.807) is 0 Å². The minimum absolute atomic E-state index is 0.343. The Bertz CT molecular complexity index is 210. The van der Waals surface area contributed by atoms with Crippen LogP contribution in [-0.2, 0) is 8.85 Å². The van der Waals surface area contributed by atoms with Crippen molar-refractivity contribution in [2.75, 3.05) is 14.2 Å². The average molecular weight is 244 g/mol. The van der Waals surface area contributed by atoms with Crippen LogP contribution in [0.5, 0.6) is 0 Å². The van der Waals surface area contributed by atoms with Crippen molar-refractivity contribution in [1.82, 2.24) is 0 Å². The van der Waals surface area contributed by atoms with Crippen LogP contribution in [0.25, 0.3) is 0 Å². The Labute approximate surface area is 102 Å². The lowest BCUT2D eigenvalue weighted by Crippen LogP contribution is -2.57. The molecule has 1 rings (SSSR count). The monoisotopic (exact) mass is 244 g/mol. The van der Waals surface area contributed by atoms with Crippen LogP contribution in [0.1, 0.15) is 59.3 Å². The molecule has 1 unspecified atom stereocenters. The second-order valence-corrected chi connectivity index (χ2v) is 9.09. The molecule has 0 aromatic carbocycles. The molecule has 0 aromatic heterocycles. The maximum absolute atomic E-state index is 6.05. The second-order valence-electron chi connectivity index (χ2n) is 5.06. The van der Waals surface area contributed by atoms with Crippen molar-refractivity contribution in [1.29, 1.82) is 0 Å². The molecule has 0 radical (unpaired) electrons. The molecule has 1 heterocycles. The first-order valence-corrected chi connectivity index (χ1v) is 8.66. The van der Waals surface area contributed by atoms with Gasteiger partial charge in [-0.1, -0.05) is 33.6 Å². The fraction of sp³-hybridized carbons (Fsp3) is 1.00. The first-order valence-electron chi connectivity index (χ1n) is 6.76. The van der Waals surface area contributed by atoms with Gasteiger partial charge in [-0.15, -0.1) is 0 Å². The van der Waals surface area contributed by atoms with E-state index < -0.39 is 8.56 Å². The zero-order chi connectivity index (χ0) is 12.2. The van der Waals surface area contributed by atoms with Crippen molar-refractivity contribution < 1.29 is 8.85 Å². The van der Waals surface area contributed by atoms with Crippen molar-refractivity contribution in [3.63, 3.8) is 0 Å². The van der Waals surface area contributed by atoms with Gasteiger partial charge >= 0.3 is 8.56 Å². The van der Waals surface area contributed by atoms with Gasteiger partial charge in [0.05, 0.1) is 0 Å². The van der Waals surface area contributed by atoms with E-state index in [4.69, 9.17) is 8.85 Å². The van der Waals surface area contributed by atoms with Crippen LogP contribution in [0, 0.1) is 0 Å². The molecule has 1 aliphatic rings. The SMILES string of the molecule is CCC1CCCC(CC)(CC)[Si]1(OC)OC. The predicted octanol–water partition coefficient (Wildman–Crippen LogP) is 4.25. The van der Waals surface area contributed by atoms with Gasteiger partial charge in [-0.25, -0.2) is 0 Å². The average Bonchev–Trinajstić information content (AvgIpc) is 2.37. The first-order chi connectivity index (χ1) is 7.66. The van der Waals surface area contributed by atoms with Gasteiger partial charge in [-0.3, -0.25) is 0 Å². The van der Waals surface area contributed by atoms with Crippen LogP contribution in [0.3, 0.4) is 0 Å². The number of hydrogen-bond donors (Lipinski definition) is 0. The van der Waals surface area contributed by atoms with E-state index in [-0.39, 0.29) is 0 Å². The Balaban J connectivity index is 3.13. The smallest absolute Gasteiger partial charge is 0.347 e. The van der Waals surface area contributed by atoms with E-state index in [1.165, 1.54) is 38.5 Å². The minimum atomic E-state index is -2.04. The highest BCUT2D eigenvalue weighted by Crippen LogP contribution is 2.59. The van der Waals surface area contributed by atoms with Gasteiger partial charge in [-0.05, 0) is 25.7 Å². The summed E-state index contributed by atoms with van der Waals surface area (Å²) in [5, 5.41) is 0.343. The Morgan fingerprint density at radius 3 is 2.06 bits per heavy atom. The lowest BCUT2D eigenvalue weighted by molar-refractivity contribution is 0.156. The highest BCUT2D eigenvalue weighted by atomic mass is 28.4. The number of rotatable bonds is 5. The summed E-state index contributed by atoms with van der Waals surface area (Å²) in [6.45, 7) is 6.90. The zero-order valence-electron chi connectivity index (χ0n) is 11.6. The molecule has 0 aliphatic carbocycles. The van der Waals surface area contributed by atoms with Gasteiger partial charge in [0.25, 0.3) is 0 Å². The third-order valence-corrected chi connectivity index (χ3v) is 10.4. The molecule has 0 saturated carbocycles. The van der Waals surface area contributed by atoms with Crippen LogP contribution in [0.2, 0.25) is 10.6 Å². The standard InChI is InChI=1S/C13H28O2Si/c1-6-12-10-9-11-13(7-2,8-3)16(12,14-4)15-5/h12H,6-11H2,1-5H3. The van der Waals surface area contributed by atoms with E-state index in [2.05, 4.69) is 20.8 Å². The molecule has 0 aromatic rings. The van der Waals surface area contributed by atoms with Gasteiger partial charge in [0.15, 0.2) is 0 Å². The predicted molar refractivity (Wildman–Crippen MR) is 70.9 cm³/mol. The fourth-order valence-corrected chi connectivity index (χ4v) is 9.10. The highest BCUT2D eigenvalue weighted by Gasteiger charge is 2.60. The molecule has 16 heavy (non-hydrogen) atoms. The molecule has 0 amide bonds. The molecule has 2 nitrogen and oxygen atoms in total. The second kappa shape index (κ2) is 5.65. The van der Waals surface area contributed by atoms with E-state index >= 15 is 0 Å².